The summed E-state index contributed by atoms with van der Waals surface area (Å²) in [7, 11) is 1.74. The van der Waals surface area contributed by atoms with Crippen LogP contribution in [0.2, 0.25) is 0 Å². The molecule has 15 heavy (non-hydrogen) atoms. The maximum Gasteiger partial charge on any atom is 0.145 e. The Bertz CT molecular complexity index is 616. The summed E-state index contributed by atoms with van der Waals surface area (Å²) in [6.45, 7) is 0. The van der Waals surface area contributed by atoms with Crippen molar-refractivity contribution in [3.05, 3.63) is 17.4 Å². The van der Waals surface area contributed by atoms with Crippen LogP contribution in [-0.4, -0.2) is 20.8 Å². The Morgan fingerprint density at radius 2 is 2.40 bits per heavy atom. The van der Waals surface area contributed by atoms with Crippen LogP contribution in [0.1, 0.15) is 5.56 Å². The van der Waals surface area contributed by atoms with Gasteiger partial charge in [0.05, 0.1) is 22.3 Å². The molecule has 76 valence electrons. The van der Waals surface area contributed by atoms with Crippen molar-refractivity contribution in [3.8, 4) is 6.07 Å². The lowest BCUT2D eigenvalue weighted by Gasteiger charge is -1.97. The van der Waals surface area contributed by atoms with Crippen LogP contribution in [0.15, 0.2) is 11.4 Å². The third-order valence-electron chi connectivity index (χ3n) is 2.21. The number of fused-ring (bicyclic) bond motifs is 1. The molecule has 2 aromatic heterocycles. The second kappa shape index (κ2) is 3.44. The van der Waals surface area contributed by atoms with E-state index < -0.39 is 0 Å². The summed E-state index contributed by atoms with van der Waals surface area (Å²) in [6.07, 6.45) is 3.45. The Balaban J connectivity index is 3.00. The predicted octanol–water partition coefficient (Wildman–Crippen LogP) is 0.974. The third kappa shape index (κ3) is 1.32. The Labute approximate surface area is 90.3 Å². The molecular formula is C9H9N5S. The van der Waals surface area contributed by atoms with Gasteiger partial charge < -0.3 is 9.55 Å². The lowest BCUT2D eigenvalue weighted by molar-refractivity contribution is 0.805. The first-order chi connectivity index (χ1) is 7.19. The molecule has 0 bridgehead atoms. The molecule has 0 amide bonds. The topological polar surface area (TPSA) is 81.2 Å². The quantitative estimate of drug-likeness (QED) is 0.701. The molecular weight excluding hydrogens is 210 g/mol. The second-order valence-electron chi connectivity index (χ2n) is 3.07. The molecule has 0 fully saturated rings. The summed E-state index contributed by atoms with van der Waals surface area (Å²) in [4.78, 5) is 7.17. The molecule has 2 heterocycles. The molecule has 0 aromatic carbocycles. The van der Waals surface area contributed by atoms with Gasteiger partial charge in [0, 0.05) is 7.05 Å². The molecule has 0 saturated heterocycles. The van der Waals surface area contributed by atoms with Gasteiger partial charge in [0.2, 0.25) is 0 Å². The highest BCUT2D eigenvalue weighted by Crippen LogP contribution is 2.23. The lowest BCUT2D eigenvalue weighted by atomic mass is 10.2. The van der Waals surface area contributed by atoms with E-state index in [4.69, 9.17) is 10.7 Å². The van der Waals surface area contributed by atoms with Crippen molar-refractivity contribution in [1.82, 2.24) is 14.5 Å². The van der Waals surface area contributed by atoms with Crippen LogP contribution in [-0.2, 0) is 7.05 Å². The summed E-state index contributed by atoms with van der Waals surface area (Å²) in [5, 5.41) is 18.3. The van der Waals surface area contributed by atoms with Gasteiger partial charge in [0.25, 0.3) is 0 Å². The number of hydrogen-bond acceptors (Lipinski definition) is 4. The number of aromatic nitrogens is 3. The highest BCUT2D eigenvalue weighted by Gasteiger charge is 2.13. The average Bonchev–Trinajstić information content (AvgIpc) is 2.61. The summed E-state index contributed by atoms with van der Waals surface area (Å²) in [6, 6.07) is 2.11. The molecule has 0 aliphatic carbocycles. The minimum absolute atomic E-state index is 0.299. The number of hydrogen-bond donors (Lipinski definition) is 2. The first-order valence-electron chi connectivity index (χ1n) is 4.25. The van der Waals surface area contributed by atoms with E-state index in [0.717, 1.165) is 5.03 Å². The molecule has 6 heteroatoms. The summed E-state index contributed by atoms with van der Waals surface area (Å²) < 4.78 is 1.58. The van der Waals surface area contributed by atoms with Crippen LogP contribution in [0.4, 0.5) is 0 Å². The van der Waals surface area contributed by atoms with Crippen LogP contribution >= 0.6 is 11.8 Å². The zero-order valence-electron chi connectivity index (χ0n) is 8.33. The number of nitrogens with zero attached hydrogens (tertiary/aromatic N) is 3. The highest BCUT2D eigenvalue weighted by atomic mass is 32.2. The van der Waals surface area contributed by atoms with Crippen molar-refractivity contribution in [2.75, 3.05) is 6.26 Å². The van der Waals surface area contributed by atoms with Crippen LogP contribution < -0.4 is 5.49 Å². The highest BCUT2D eigenvalue weighted by molar-refractivity contribution is 7.98. The van der Waals surface area contributed by atoms with Crippen LogP contribution in [0, 0.1) is 16.7 Å². The van der Waals surface area contributed by atoms with Crippen molar-refractivity contribution in [1.29, 1.82) is 10.7 Å². The number of nitrogens with one attached hydrogen (secondary N) is 2. The van der Waals surface area contributed by atoms with Crippen LogP contribution in [0.5, 0.6) is 0 Å². The molecule has 0 spiro atoms. The van der Waals surface area contributed by atoms with Crippen molar-refractivity contribution in [2.45, 2.75) is 5.03 Å². The number of nitriles is 1. The fraction of sp³-hybridized carbons (Fsp3) is 0.222. The standard InChI is InChI=1S/C9H9N5S/c1-14-4-12-8-6(7(14)11)5(3-10)9(13-8)15-2/h4,11,13H,1-2H3. The Hall–Kier alpha value is -1.74. The molecule has 0 radical (unpaired) electrons. The van der Waals surface area contributed by atoms with Gasteiger partial charge in [-0.3, -0.25) is 5.41 Å². The Kier molecular flexibility index (Phi) is 2.25. The maximum atomic E-state index is 9.05. The minimum atomic E-state index is 0.299. The van der Waals surface area contributed by atoms with Crippen molar-refractivity contribution >= 4 is 22.8 Å². The molecule has 0 saturated carbocycles. The van der Waals surface area contributed by atoms with E-state index >= 15 is 0 Å². The van der Waals surface area contributed by atoms with E-state index in [9.17, 15) is 0 Å². The molecule has 2 aromatic rings. The van der Waals surface area contributed by atoms with Gasteiger partial charge in [-0.2, -0.15) is 5.26 Å². The van der Waals surface area contributed by atoms with Gasteiger partial charge in [-0.25, -0.2) is 4.98 Å². The number of aryl methyl sites for hydroxylation is 1. The third-order valence-corrected chi connectivity index (χ3v) is 2.93. The van der Waals surface area contributed by atoms with Gasteiger partial charge in [-0.15, -0.1) is 11.8 Å². The monoisotopic (exact) mass is 219 g/mol. The van der Waals surface area contributed by atoms with Crippen molar-refractivity contribution < 1.29 is 0 Å². The fourth-order valence-electron chi connectivity index (χ4n) is 1.43. The zero-order valence-corrected chi connectivity index (χ0v) is 9.14. The zero-order chi connectivity index (χ0) is 11.0. The van der Waals surface area contributed by atoms with Crippen LogP contribution in [0.3, 0.4) is 0 Å². The fourth-order valence-corrected chi connectivity index (χ4v) is 1.98. The van der Waals surface area contributed by atoms with E-state index in [-0.39, 0.29) is 0 Å². The summed E-state index contributed by atoms with van der Waals surface area (Å²) in [5.74, 6) is 0. The smallest absolute Gasteiger partial charge is 0.145 e. The SMILES string of the molecule is CSc1[nH]c2ncn(C)c(=N)c2c1C#N. The van der Waals surface area contributed by atoms with Gasteiger partial charge in [-0.1, -0.05) is 0 Å². The Morgan fingerprint density at radius 3 is 3.00 bits per heavy atom. The molecule has 0 unspecified atom stereocenters. The van der Waals surface area contributed by atoms with E-state index in [1.165, 1.54) is 11.8 Å². The number of aromatic amines is 1. The molecule has 2 N–H and O–H groups in total. The maximum absolute atomic E-state index is 9.05. The number of thioether (sulfide) groups is 1. The van der Waals surface area contributed by atoms with E-state index in [2.05, 4.69) is 16.0 Å². The average molecular weight is 219 g/mol. The molecule has 2 rings (SSSR count). The first kappa shape index (κ1) is 9.80. The van der Waals surface area contributed by atoms with Crippen molar-refractivity contribution in [3.63, 3.8) is 0 Å². The molecule has 5 nitrogen and oxygen atoms in total. The van der Waals surface area contributed by atoms with Gasteiger partial charge in [0.1, 0.15) is 17.2 Å². The molecule has 0 aliphatic rings. The van der Waals surface area contributed by atoms with Crippen LogP contribution in [0.25, 0.3) is 11.0 Å². The predicted molar refractivity (Wildman–Crippen MR) is 57.4 cm³/mol. The minimum Gasteiger partial charge on any atom is -0.333 e. The largest absolute Gasteiger partial charge is 0.333 e. The molecule has 0 aliphatic heterocycles. The number of rotatable bonds is 1. The normalized spacial score (nSPS) is 10.5. The van der Waals surface area contributed by atoms with Gasteiger partial charge in [0.15, 0.2) is 0 Å². The van der Waals surface area contributed by atoms with Gasteiger partial charge in [-0.05, 0) is 6.26 Å². The lowest BCUT2D eigenvalue weighted by Crippen LogP contribution is -2.17. The number of H-pyrrole nitrogens is 1. The van der Waals surface area contributed by atoms with E-state index in [0.29, 0.717) is 22.1 Å². The van der Waals surface area contributed by atoms with E-state index in [1.54, 1.807) is 17.9 Å². The first-order valence-corrected chi connectivity index (χ1v) is 5.47. The molecule has 0 atom stereocenters. The summed E-state index contributed by atoms with van der Waals surface area (Å²) >= 11 is 1.45. The Morgan fingerprint density at radius 1 is 1.67 bits per heavy atom. The summed E-state index contributed by atoms with van der Waals surface area (Å²) in [5.41, 5.74) is 1.40. The second-order valence-corrected chi connectivity index (χ2v) is 3.89. The van der Waals surface area contributed by atoms with E-state index in [1.807, 2.05) is 6.26 Å². The van der Waals surface area contributed by atoms with Crippen molar-refractivity contribution in [2.24, 2.45) is 7.05 Å². The van der Waals surface area contributed by atoms with Gasteiger partial charge >= 0.3 is 0 Å².